The lowest BCUT2D eigenvalue weighted by atomic mass is 10.1. The van der Waals surface area contributed by atoms with Gasteiger partial charge in [0, 0.05) is 22.8 Å². The van der Waals surface area contributed by atoms with E-state index in [1.165, 1.54) is 6.21 Å². The molecule has 1 atom stereocenters. The summed E-state index contributed by atoms with van der Waals surface area (Å²) in [5, 5.41) is 7.20. The second-order valence-corrected chi connectivity index (χ2v) is 10.9. The van der Waals surface area contributed by atoms with Gasteiger partial charge in [-0.05, 0) is 71.3 Å². The minimum atomic E-state index is -0.347. The second kappa shape index (κ2) is 13.8. The number of thioether (sulfide) groups is 1. The summed E-state index contributed by atoms with van der Waals surface area (Å²) >= 11 is 7.51. The fraction of sp³-hybridized carbons (Fsp3) is 0.125. The van der Waals surface area contributed by atoms with Crippen LogP contribution in [-0.2, 0) is 16.1 Å². The van der Waals surface area contributed by atoms with Crippen molar-refractivity contribution in [1.82, 2.24) is 10.3 Å². The maximum atomic E-state index is 12.6. The molecule has 0 spiro atoms. The van der Waals surface area contributed by atoms with E-state index in [1.807, 2.05) is 47.4 Å². The molecule has 1 aliphatic heterocycles. The van der Waals surface area contributed by atoms with E-state index < -0.39 is 0 Å². The molecule has 3 amide bonds. The van der Waals surface area contributed by atoms with E-state index in [0.29, 0.717) is 34.3 Å². The Hall–Kier alpha value is -4.60. The molecule has 0 bridgehead atoms. The van der Waals surface area contributed by atoms with Crippen molar-refractivity contribution in [2.45, 2.75) is 11.9 Å². The summed E-state index contributed by atoms with van der Waals surface area (Å²) in [5.41, 5.74) is 6.36. The molecule has 0 radical (unpaired) electrons. The lowest BCUT2D eigenvalue weighted by Crippen LogP contribution is -2.27. The summed E-state index contributed by atoms with van der Waals surface area (Å²) in [6.07, 6.45) is 1.52. The monoisotopic (exact) mass is 598 g/mol. The van der Waals surface area contributed by atoms with Crippen molar-refractivity contribution >= 4 is 53.0 Å². The number of nitrogens with one attached hydrogen (secondary N) is 2. The molecule has 42 heavy (non-hydrogen) atoms. The van der Waals surface area contributed by atoms with Gasteiger partial charge in [0.2, 0.25) is 5.91 Å². The van der Waals surface area contributed by atoms with Gasteiger partial charge in [-0.1, -0.05) is 60.1 Å². The van der Waals surface area contributed by atoms with Crippen LogP contribution in [0.2, 0.25) is 5.02 Å². The highest BCUT2D eigenvalue weighted by molar-refractivity contribution is 8.00. The van der Waals surface area contributed by atoms with Crippen LogP contribution in [0, 0.1) is 0 Å². The zero-order valence-electron chi connectivity index (χ0n) is 22.4. The first kappa shape index (κ1) is 28.9. The average molecular weight is 599 g/mol. The number of nitrogens with zero attached hydrogens (tertiary/aromatic N) is 2. The fourth-order valence-electron chi connectivity index (χ4n) is 4.27. The number of ether oxygens (including phenoxy) is 1. The number of anilines is 1. The van der Waals surface area contributed by atoms with E-state index in [9.17, 15) is 14.4 Å². The Labute approximate surface area is 252 Å². The van der Waals surface area contributed by atoms with Crippen LogP contribution in [0.4, 0.5) is 5.69 Å². The molecule has 2 N–H and O–H groups in total. The Balaban J connectivity index is 1.10. The normalized spacial score (nSPS) is 14.6. The van der Waals surface area contributed by atoms with Gasteiger partial charge in [0.05, 0.1) is 12.0 Å². The summed E-state index contributed by atoms with van der Waals surface area (Å²) in [6, 6.07) is 30.9. The lowest BCUT2D eigenvalue weighted by Gasteiger charge is -2.24. The van der Waals surface area contributed by atoms with Gasteiger partial charge in [0.15, 0.2) is 6.61 Å². The standard InChI is InChI=1S/C32H27ClN4O4S/c33-26-7-4-8-27(17-26)35-29(38)20-41-28-15-9-22(10-16-28)18-34-36-31(40)24-11-13-25(14-12-24)32-37(30(39)21-42-32)19-23-5-2-1-3-6-23/h1-18,32H,19-21H2,(H,35,38)(H,36,40)/b34-18-/t32-/m0/s1. The molecule has 5 rings (SSSR count). The number of benzene rings is 4. The van der Waals surface area contributed by atoms with Crippen LogP contribution in [0.5, 0.6) is 5.75 Å². The van der Waals surface area contributed by atoms with Crippen LogP contribution in [0.15, 0.2) is 108 Å². The third-order valence-electron chi connectivity index (χ3n) is 6.36. The number of amides is 3. The van der Waals surface area contributed by atoms with Crippen LogP contribution >= 0.6 is 23.4 Å². The summed E-state index contributed by atoms with van der Waals surface area (Å²) in [7, 11) is 0. The van der Waals surface area contributed by atoms with Crippen molar-refractivity contribution < 1.29 is 19.1 Å². The van der Waals surface area contributed by atoms with Crippen molar-refractivity contribution in [2.24, 2.45) is 5.10 Å². The van der Waals surface area contributed by atoms with Gasteiger partial charge in [0.25, 0.3) is 11.8 Å². The summed E-state index contributed by atoms with van der Waals surface area (Å²) in [5.74, 6) is 0.394. The topological polar surface area (TPSA) is 100 Å². The summed E-state index contributed by atoms with van der Waals surface area (Å²) in [6.45, 7) is 0.385. The SMILES string of the molecule is O=C(COc1ccc(/C=N\NC(=O)c2ccc([C@@H]3SCC(=O)N3Cc3ccccc3)cc2)cc1)Nc1cccc(Cl)c1. The van der Waals surface area contributed by atoms with Crippen molar-refractivity contribution in [3.63, 3.8) is 0 Å². The molecule has 212 valence electrons. The minimum absolute atomic E-state index is 0.0999. The molecule has 1 saturated heterocycles. The van der Waals surface area contributed by atoms with E-state index in [-0.39, 0.29) is 29.7 Å². The van der Waals surface area contributed by atoms with Gasteiger partial charge in [-0.25, -0.2) is 5.43 Å². The highest BCUT2D eigenvalue weighted by Crippen LogP contribution is 2.39. The predicted octanol–water partition coefficient (Wildman–Crippen LogP) is 5.90. The molecule has 1 aliphatic rings. The van der Waals surface area contributed by atoms with Gasteiger partial charge in [0.1, 0.15) is 11.1 Å². The molecule has 1 heterocycles. The lowest BCUT2D eigenvalue weighted by molar-refractivity contribution is -0.128. The predicted molar refractivity (Wildman–Crippen MR) is 166 cm³/mol. The van der Waals surface area contributed by atoms with Crippen molar-refractivity contribution in [3.05, 3.63) is 130 Å². The number of hydrogen-bond acceptors (Lipinski definition) is 6. The summed E-state index contributed by atoms with van der Waals surface area (Å²) in [4.78, 5) is 39.1. The van der Waals surface area contributed by atoms with Gasteiger partial charge in [-0.15, -0.1) is 11.8 Å². The zero-order valence-corrected chi connectivity index (χ0v) is 24.0. The van der Waals surface area contributed by atoms with Crippen LogP contribution < -0.4 is 15.5 Å². The average Bonchev–Trinajstić information content (AvgIpc) is 3.36. The van der Waals surface area contributed by atoms with Gasteiger partial charge < -0.3 is 15.0 Å². The van der Waals surface area contributed by atoms with Crippen LogP contribution in [-0.4, -0.2) is 41.2 Å². The smallest absolute Gasteiger partial charge is 0.271 e. The molecular weight excluding hydrogens is 572 g/mol. The first-order valence-electron chi connectivity index (χ1n) is 13.1. The maximum absolute atomic E-state index is 12.6. The van der Waals surface area contributed by atoms with E-state index in [0.717, 1.165) is 16.7 Å². The van der Waals surface area contributed by atoms with Gasteiger partial charge >= 0.3 is 0 Å². The molecule has 0 aromatic heterocycles. The Morgan fingerprint density at radius 2 is 1.74 bits per heavy atom. The van der Waals surface area contributed by atoms with E-state index in [2.05, 4.69) is 15.8 Å². The van der Waals surface area contributed by atoms with Crippen LogP contribution in [0.1, 0.15) is 32.4 Å². The molecule has 0 saturated carbocycles. The zero-order chi connectivity index (χ0) is 29.3. The van der Waals surface area contributed by atoms with Gasteiger partial charge in [-0.3, -0.25) is 14.4 Å². The Morgan fingerprint density at radius 3 is 2.48 bits per heavy atom. The Bertz CT molecular complexity index is 1580. The van der Waals surface area contributed by atoms with E-state index in [4.69, 9.17) is 16.3 Å². The van der Waals surface area contributed by atoms with Gasteiger partial charge in [-0.2, -0.15) is 5.10 Å². The third kappa shape index (κ3) is 7.78. The van der Waals surface area contributed by atoms with Crippen molar-refractivity contribution in [3.8, 4) is 5.75 Å². The molecule has 0 aliphatic carbocycles. The molecule has 0 unspecified atom stereocenters. The third-order valence-corrected chi connectivity index (χ3v) is 7.85. The Morgan fingerprint density at radius 1 is 0.976 bits per heavy atom. The van der Waals surface area contributed by atoms with E-state index in [1.54, 1.807) is 72.4 Å². The second-order valence-electron chi connectivity index (χ2n) is 9.41. The van der Waals surface area contributed by atoms with Crippen molar-refractivity contribution in [2.75, 3.05) is 17.7 Å². The minimum Gasteiger partial charge on any atom is -0.484 e. The van der Waals surface area contributed by atoms with Crippen LogP contribution in [0.25, 0.3) is 0 Å². The van der Waals surface area contributed by atoms with Crippen LogP contribution in [0.3, 0.4) is 0 Å². The summed E-state index contributed by atoms with van der Waals surface area (Å²) < 4.78 is 5.53. The number of halogens is 1. The molecule has 4 aromatic carbocycles. The van der Waals surface area contributed by atoms with E-state index >= 15 is 0 Å². The fourth-order valence-corrected chi connectivity index (χ4v) is 5.65. The number of carbonyl (C=O) groups excluding carboxylic acids is 3. The molecule has 1 fully saturated rings. The molecular formula is C32H27ClN4O4S. The number of hydrazone groups is 1. The number of rotatable bonds is 10. The molecule has 4 aromatic rings. The first-order valence-corrected chi connectivity index (χ1v) is 14.5. The first-order chi connectivity index (χ1) is 20.4. The Kier molecular flexibility index (Phi) is 9.53. The van der Waals surface area contributed by atoms with Crippen molar-refractivity contribution in [1.29, 1.82) is 0 Å². The highest BCUT2D eigenvalue weighted by atomic mass is 35.5. The highest BCUT2D eigenvalue weighted by Gasteiger charge is 2.32. The number of carbonyl (C=O) groups is 3. The number of hydrogen-bond donors (Lipinski definition) is 2. The quantitative estimate of drug-likeness (QED) is 0.175. The molecule has 8 nitrogen and oxygen atoms in total. The largest absolute Gasteiger partial charge is 0.484 e. The maximum Gasteiger partial charge on any atom is 0.271 e. The molecule has 10 heteroatoms.